The normalized spacial score (nSPS) is 25.0. The van der Waals surface area contributed by atoms with Crippen LogP contribution in [0, 0.1) is 12.8 Å². The Hall–Kier alpha value is -1.41. The van der Waals surface area contributed by atoms with Crippen molar-refractivity contribution in [3.63, 3.8) is 0 Å². The fourth-order valence-electron chi connectivity index (χ4n) is 3.36. The number of carbonyl (C=O) groups is 2. The Balaban J connectivity index is 0.00000169. The van der Waals surface area contributed by atoms with Crippen LogP contribution >= 0.6 is 24.8 Å². The number of β-amino-alcohol motifs (C(OH)–C–C–N with tert-alkyl or cyclic N) is 1. The highest BCUT2D eigenvalue weighted by atomic mass is 35.5. The number of pyridine rings is 1. The molecule has 7 nitrogen and oxygen atoms in total. The molecule has 3 heterocycles. The Morgan fingerprint density at radius 3 is 2.77 bits per heavy atom. The van der Waals surface area contributed by atoms with Gasteiger partial charge < -0.3 is 20.6 Å². The first-order valence-corrected chi connectivity index (χ1v) is 8.47. The molecule has 1 aromatic heterocycles. The van der Waals surface area contributed by atoms with Gasteiger partial charge in [-0.15, -0.1) is 24.8 Å². The monoisotopic (exact) mass is 404 g/mol. The second kappa shape index (κ2) is 10.1. The van der Waals surface area contributed by atoms with E-state index >= 15 is 0 Å². The average molecular weight is 405 g/mol. The number of likely N-dealkylation sites (tertiary alicyclic amines) is 1. The Kier molecular flexibility index (Phi) is 8.76. The van der Waals surface area contributed by atoms with Gasteiger partial charge in [-0.25, -0.2) is 4.98 Å². The van der Waals surface area contributed by atoms with E-state index < -0.39 is 6.10 Å². The van der Waals surface area contributed by atoms with Crippen LogP contribution in [0.25, 0.3) is 0 Å². The van der Waals surface area contributed by atoms with Crippen molar-refractivity contribution < 1.29 is 14.7 Å². The molecule has 3 rings (SSSR count). The number of anilines is 1. The number of nitrogens with zero attached hydrogens (tertiary/aromatic N) is 2. The summed E-state index contributed by atoms with van der Waals surface area (Å²) in [6, 6.07) is 5.16. The molecule has 0 aliphatic carbocycles. The lowest BCUT2D eigenvalue weighted by Crippen LogP contribution is -2.49. The van der Waals surface area contributed by atoms with E-state index in [1.807, 2.05) is 19.1 Å². The van der Waals surface area contributed by atoms with E-state index in [9.17, 15) is 14.7 Å². The molecule has 3 N–H and O–H groups in total. The standard InChI is InChI=1S/C17H24N4O3.2ClH/c1-11-4-2-6-15(19-11)20-16(23)12-5-3-7-21(10-12)17(24)14-8-13(22)9-18-14;;/h2,4,6,12-14,18,22H,3,5,7-10H2,1H3,(H,19,20,23);2*1H. The van der Waals surface area contributed by atoms with Crippen molar-refractivity contribution in [3.05, 3.63) is 23.9 Å². The summed E-state index contributed by atoms with van der Waals surface area (Å²) < 4.78 is 0. The Morgan fingerprint density at radius 2 is 2.12 bits per heavy atom. The number of nitrogens with one attached hydrogen (secondary N) is 2. The molecule has 0 radical (unpaired) electrons. The summed E-state index contributed by atoms with van der Waals surface area (Å²) in [5.74, 6) is 0.211. The minimum absolute atomic E-state index is 0. The number of hydrogen-bond acceptors (Lipinski definition) is 5. The van der Waals surface area contributed by atoms with Gasteiger partial charge in [-0.05, 0) is 38.3 Å². The number of halogens is 2. The number of carbonyl (C=O) groups excluding carboxylic acids is 2. The first kappa shape index (κ1) is 22.6. The van der Waals surface area contributed by atoms with Crippen molar-refractivity contribution >= 4 is 42.4 Å². The zero-order valence-electron chi connectivity index (χ0n) is 14.7. The number of aliphatic hydroxyl groups excluding tert-OH is 1. The highest BCUT2D eigenvalue weighted by Gasteiger charge is 2.35. The largest absolute Gasteiger partial charge is 0.392 e. The lowest BCUT2D eigenvalue weighted by molar-refractivity contribution is -0.136. The van der Waals surface area contributed by atoms with Crippen molar-refractivity contribution in [2.75, 3.05) is 25.0 Å². The van der Waals surface area contributed by atoms with E-state index in [1.165, 1.54) is 0 Å². The Morgan fingerprint density at radius 1 is 1.35 bits per heavy atom. The maximum absolute atomic E-state index is 12.5. The third-order valence-electron chi connectivity index (χ3n) is 4.65. The van der Waals surface area contributed by atoms with Crippen LogP contribution in [0.5, 0.6) is 0 Å². The van der Waals surface area contributed by atoms with Crippen molar-refractivity contribution in [3.8, 4) is 0 Å². The first-order chi connectivity index (χ1) is 11.5. The topological polar surface area (TPSA) is 94.6 Å². The van der Waals surface area contributed by atoms with Gasteiger partial charge in [0.2, 0.25) is 11.8 Å². The zero-order chi connectivity index (χ0) is 17.1. The fourth-order valence-corrected chi connectivity index (χ4v) is 3.36. The van der Waals surface area contributed by atoms with E-state index in [-0.39, 0.29) is 48.6 Å². The van der Waals surface area contributed by atoms with Gasteiger partial charge in [0.25, 0.3) is 0 Å². The lowest BCUT2D eigenvalue weighted by Gasteiger charge is -2.33. The summed E-state index contributed by atoms with van der Waals surface area (Å²) in [5.41, 5.74) is 0.846. The van der Waals surface area contributed by atoms with Crippen LogP contribution in [0.3, 0.4) is 0 Å². The van der Waals surface area contributed by atoms with Gasteiger partial charge >= 0.3 is 0 Å². The molecule has 146 valence electrons. The minimum atomic E-state index is -0.463. The smallest absolute Gasteiger partial charge is 0.239 e. The van der Waals surface area contributed by atoms with Gasteiger partial charge in [0.05, 0.1) is 18.1 Å². The summed E-state index contributed by atoms with van der Waals surface area (Å²) >= 11 is 0. The van der Waals surface area contributed by atoms with E-state index in [1.54, 1.807) is 11.0 Å². The summed E-state index contributed by atoms with van der Waals surface area (Å²) in [4.78, 5) is 31.0. The summed E-state index contributed by atoms with van der Waals surface area (Å²) in [6.45, 7) is 3.41. The van der Waals surface area contributed by atoms with E-state index in [2.05, 4.69) is 15.6 Å². The molecular weight excluding hydrogens is 379 g/mol. The number of rotatable bonds is 3. The lowest BCUT2D eigenvalue weighted by atomic mass is 9.96. The van der Waals surface area contributed by atoms with Gasteiger partial charge in [0.1, 0.15) is 5.82 Å². The minimum Gasteiger partial charge on any atom is -0.392 e. The molecule has 3 unspecified atom stereocenters. The molecule has 9 heteroatoms. The molecule has 0 spiro atoms. The number of aliphatic hydroxyl groups is 1. The molecule has 2 saturated heterocycles. The first-order valence-electron chi connectivity index (χ1n) is 8.47. The van der Waals surface area contributed by atoms with Crippen molar-refractivity contribution in [2.24, 2.45) is 5.92 Å². The van der Waals surface area contributed by atoms with Gasteiger partial charge in [0.15, 0.2) is 0 Å². The summed E-state index contributed by atoms with van der Waals surface area (Å²) in [6.07, 6.45) is 1.55. The molecule has 3 atom stereocenters. The van der Waals surface area contributed by atoms with Gasteiger partial charge in [-0.1, -0.05) is 6.07 Å². The maximum Gasteiger partial charge on any atom is 0.239 e. The molecule has 2 aliphatic heterocycles. The van der Waals surface area contributed by atoms with Crippen LogP contribution < -0.4 is 10.6 Å². The second-order valence-electron chi connectivity index (χ2n) is 6.63. The zero-order valence-corrected chi connectivity index (χ0v) is 16.3. The molecule has 2 aliphatic rings. The molecule has 1 aromatic rings. The third kappa shape index (κ3) is 5.54. The molecular formula is C17H26Cl2N4O3. The Bertz CT molecular complexity index is 632. The fraction of sp³-hybridized carbons (Fsp3) is 0.588. The number of aryl methyl sites for hydroxylation is 1. The van der Waals surface area contributed by atoms with Crippen molar-refractivity contribution in [2.45, 2.75) is 38.3 Å². The van der Waals surface area contributed by atoms with Crippen LogP contribution in [0.4, 0.5) is 5.82 Å². The van der Waals surface area contributed by atoms with Crippen LogP contribution in [-0.4, -0.2) is 58.6 Å². The molecule has 0 saturated carbocycles. The second-order valence-corrected chi connectivity index (χ2v) is 6.63. The highest BCUT2D eigenvalue weighted by Crippen LogP contribution is 2.20. The Labute approximate surface area is 165 Å². The SMILES string of the molecule is Cc1cccc(NC(=O)C2CCCN(C(=O)C3CC(O)CN3)C2)n1.Cl.Cl. The number of amides is 2. The molecule has 2 amide bonds. The summed E-state index contributed by atoms with van der Waals surface area (Å²) in [7, 11) is 0. The maximum atomic E-state index is 12.5. The number of aromatic nitrogens is 1. The van der Waals surface area contributed by atoms with E-state index in [0.29, 0.717) is 31.9 Å². The highest BCUT2D eigenvalue weighted by molar-refractivity contribution is 5.92. The van der Waals surface area contributed by atoms with E-state index in [0.717, 1.165) is 18.5 Å². The van der Waals surface area contributed by atoms with Crippen LogP contribution in [-0.2, 0) is 9.59 Å². The number of hydrogen-bond donors (Lipinski definition) is 3. The van der Waals surface area contributed by atoms with Gasteiger partial charge in [0, 0.05) is 25.3 Å². The molecule has 0 aromatic carbocycles. The quantitative estimate of drug-likeness (QED) is 0.701. The predicted octanol–water partition coefficient (Wildman–Crippen LogP) is 1.13. The average Bonchev–Trinajstić information content (AvgIpc) is 3.01. The third-order valence-corrected chi connectivity index (χ3v) is 4.65. The van der Waals surface area contributed by atoms with Crippen LogP contribution in [0.2, 0.25) is 0 Å². The molecule has 2 fully saturated rings. The van der Waals surface area contributed by atoms with E-state index in [4.69, 9.17) is 0 Å². The van der Waals surface area contributed by atoms with Crippen LogP contribution in [0.1, 0.15) is 25.0 Å². The summed E-state index contributed by atoms with van der Waals surface area (Å²) in [5, 5.41) is 15.5. The van der Waals surface area contributed by atoms with Crippen molar-refractivity contribution in [1.82, 2.24) is 15.2 Å². The predicted molar refractivity (Wildman–Crippen MR) is 104 cm³/mol. The van der Waals surface area contributed by atoms with Crippen LogP contribution in [0.15, 0.2) is 18.2 Å². The van der Waals surface area contributed by atoms with Gasteiger partial charge in [-0.3, -0.25) is 9.59 Å². The number of piperidine rings is 1. The molecule has 0 bridgehead atoms. The van der Waals surface area contributed by atoms with Crippen molar-refractivity contribution in [1.29, 1.82) is 0 Å². The van der Waals surface area contributed by atoms with Gasteiger partial charge in [-0.2, -0.15) is 0 Å². The molecule has 26 heavy (non-hydrogen) atoms.